The number of benzene rings is 1. The van der Waals surface area contributed by atoms with Crippen LogP contribution in [-0.2, 0) is 12.0 Å². The normalized spacial score (nSPS) is 26.8. The average Bonchev–Trinajstić information content (AvgIpc) is 2.78. The average molecular weight is 229 g/mol. The van der Waals surface area contributed by atoms with Crippen molar-refractivity contribution in [1.29, 1.82) is 0 Å². The van der Waals surface area contributed by atoms with Crippen LogP contribution in [0.1, 0.15) is 68.1 Å². The van der Waals surface area contributed by atoms with Gasteiger partial charge in [-0.15, -0.1) is 0 Å². The first-order chi connectivity index (χ1) is 8.19. The SMILES string of the molecule is CC1CCCc2ccc(C3(N)CCCC3)cc21. The Morgan fingerprint density at radius 3 is 2.71 bits per heavy atom. The summed E-state index contributed by atoms with van der Waals surface area (Å²) < 4.78 is 0. The van der Waals surface area contributed by atoms with E-state index in [0.29, 0.717) is 0 Å². The van der Waals surface area contributed by atoms with Gasteiger partial charge < -0.3 is 5.73 Å². The summed E-state index contributed by atoms with van der Waals surface area (Å²) >= 11 is 0. The molecule has 0 radical (unpaired) electrons. The summed E-state index contributed by atoms with van der Waals surface area (Å²) in [6.45, 7) is 2.36. The molecule has 1 heteroatoms. The van der Waals surface area contributed by atoms with Gasteiger partial charge in [-0.2, -0.15) is 0 Å². The van der Waals surface area contributed by atoms with Gasteiger partial charge in [-0.1, -0.05) is 38.0 Å². The molecule has 2 aliphatic rings. The second-order valence-corrected chi connectivity index (χ2v) is 6.07. The van der Waals surface area contributed by atoms with Crippen molar-refractivity contribution >= 4 is 0 Å². The molecule has 1 aromatic rings. The maximum atomic E-state index is 6.56. The predicted octanol–water partition coefficient (Wildman–Crippen LogP) is 3.85. The van der Waals surface area contributed by atoms with Crippen molar-refractivity contribution in [2.45, 2.75) is 63.3 Å². The molecule has 1 fully saturated rings. The summed E-state index contributed by atoms with van der Waals surface area (Å²) in [5, 5.41) is 0. The molecule has 1 aromatic carbocycles. The molecular weight excluding hydrogens is 206 g/mol. The summed E-state index contributed by atoms with van der Waals surface area (Å²) in [5.74, 6) is 0.726. The van der Waals surface area contributed by atoms with Gasteiger partial charge in [-0.3, -0.25) is 0 Å². The number of aryl methyl sites for hydroxylation is 1. The van der Waals surface area contributed by atoms with Crippen LogP contribution in [0, 0.1) is 0 Å². The van der Waals surface area contributed by atoms with Crippen LogP contribution >= 0.6 is 0 Å². The molecule has 0 saturated heterocycles. The molecule has 0 aliphatic heterocycles. The first-order valence-corrected chi connectivity index (χ1v) is 7.11. The number of nitrogens with two attached hydrogens (primary N) is 1. The predicted molar refractivity (Wildman–Crippen MR) is 72.1 cm³/mol. The Morgan fingerprint density at radius 1 is 1.18 bits per heavy atom. The van der Waals surface area contributed by atoms with E-state index in [0.717, 1.165) is 5.92 Å². The summed E-state index contributed by atoms with van der Waals surface area (Å²) in [4.78, 5) is 0. The summed E-state index contributed by atoms with van der Waals surface area (Å²) in [7, 11) is 0. The van der Waals surface area contributed by atoms with E-state index < -0.39 is 0 Å². The largest absolute Gasteiger partial charge is 0.321 e. The molecule has 1 nitrogen and oxygen atoms in total. The van der Waals surface area contributed by atoms with Gasteiger partial charge in [-0.25, -0.2) is 0 Å². The molecule has 0 spiro atoms. The standard InChI is InChI=1S/C16H23N/c1-12-5-4-6-13-7-8-14(11-15(12)13)16(17)9-2-3-10-16/h7-8,11-12H,2-6,9-10,17H2,1H3. The van der Waals surface area contributed by atoms with Crippen molar-refractivity contribution in [3.63, 3.8) is 0 Å². The molecule has 1 atom stereocenters. The Morgan fingerprint density at radius 2 is 1.94 bits per heavy atom. The maximum Gasteiger partial charge on any atom is 0.0409 e. The highest BCUT2D eigenvalue weighted by molar-refractivity contribution is 5.39. The fourth-order valence-electron chi connectivity index (χ4n) is 3.64. The van der Waals surface area contributed by atoms with E-state index in [-0.39, 0.29) is 5.54 Å². The number of hydrogen-bond acceptors (Lipinski definition) is 1. The van der Waals surface area contributed by atoms with Crippen LogP contribution in [0.5, 0.6) is 0 Å². The lowest BCUT2D eigenvalue weighted by molar-refractivity contribution is 0.459. The van der Waals surface area contributed by atoms with Crippen molar-refractivity contribution in [2.24, 2.45) is 5.73 Å². The van der Waals surface area contributed by atoms with Gasteiger partial charge >= 0.3 is 0 Å². The van der Waals surface area contributed by atoms with Crippen molar-refractivity contribution in [3.8, 4) is 0 Å². The number of fused-ring (bicyclic) bond motifs is 1. The Kier molecular flexibility index (Phi) is 2.74. The van der Waals surface area contributed by atoms with Gasteiger partial charge in [0.05, 0.1) is 0 Å². The lowest BCUT2D eigenvalue weighted by Crippen LogP contribution is -2.33. The highest BCUT2D eigenvalue weighted by Crippen LogP contribution is 2.39. The monoisotopic (exact) mass is 229 g/mol. The molecule has 2 aliphatic carbocycles. The molecule has 1 saturated carbocycles. The van der Waals surface area contributed by atoms with Gasteiger partial charge in [0.25, 0.3) is 0 Å². The topological polar surface area (TPSA) is 26.0 Å². The molecule has 17 heavy (non-hydrogen) atoms. The third-order valence-electron chi connectivity index (χ3n) is 4.83. The van der Waals surface area contributed by atoms with Crippen LogP contribution < -0.4 is 5.73 Å². The third-order valence-corrected chi connectivity index (χ3v) is 4.83. The van der Waals surface area contributed by atoms with E-state index in [9.17, 15) is 0 Å². The zero-order valence-electron chi connectivity index (χ0n) is 10.8. The Bertz CT molecular complexity index is 416. The van der Waals surface area contributed by atoms with E-state index in [1.165, 1.54) is 50.5 Å². The quantitative estimate of drug-likeness (QED) is 0.777. The first-order valence-electron chi connectivity index (χ1n) is 7.11. The van der Waals surface area contributed by atoms with E-state index in [4.69, 9.17) is 5.73 Å². The molecule has 2 N–H and O–H groups in total. The Balaban J connectivity index is 1.99. The zero-order chi connectivity index (χ0) is 11.9. The second kappa shape index (κ2) is 4.13. The smallest absolute Gasteiger partial charge is 0.0409 e. The van der Waals surface area contributed by atoms with E-state index in [2.05, 4.69) is 25.1 Å². The van der Waals surface area contributed by atoms with Crippen LogP contribution in [0.4, 0.5) is 0 Å². The van der Waals surface area contributed by atoms with Gasteiger partial charge in [0, 0.05) is 5.54 Å². The van der Waals surface area contributed by atoms with E-state index >= 15 is 0 Å². The molecule has 92 valence electrons. The first kappa shape index (κ1) is 11.3. The molecule has 0 heterocycles. The van der Waals surface area contributed by atoms with Crippen LogP contribution in [0.25, 0.3) is 0 Å². The van der Waals surface area contributed by atoms with Crippen LogP contribution in [-0.4, -0.2) is 0 Å². The highest BCUT2D eigenvalue weighted by atomic mass is 14.8. The van der Waals surface area contributed by atoms with Crippen LogP contribution in [0.3, 0.4) is 0 Å². The molecule has 0 amide bonds. The zero-order valence-corrected chi connectivity index (χ0v) is 10.8. The fraction of sp³-hybridized carbons (Fsp3) is 0.625. The number of rotatable bonds is 1. The van der Waals surface area contributed by atoms with Crippen molar-refractivity contribution in [1.82, 2.24) is 0 Å². The van der Waals surface area contributed by atoms with Gasteiger partial charge in [0.2, 0.25) is 0 Å². The van der Waals surface area contributed by atoms with E-state index in [1.54, 1.807) is 11.1 Å². The summed E-state index contributed by atoms with van der Waals surface area (Å²) in [5.41, 5.74) is 11.1. The third kappa shape index (κ3) is 1.91. The minimum absolute atomic E-state index is 0.0216. The van der Waals surface area contributed by atoms with Gasteiger partial charge in [0.15, 0.2) is 0 Å². The lowest BCUT2D eigenvalue weighted by Gasteiger charge is -2.28. The molecule has 3 rings (SSSR count). The van der Waals surface area contributed by atoms with Crippen LogP contribution in [0.2, 0.25) is 0 Å². The second-order valence-electron chi connectivity index (χ2n) is 6.07. The molecular formula is C16H23N. The highest BCUT2D eigenvalue weighted by Gasteiger charge is 2.32. The Labute approximate surface area is 104 Å². The summed E-state index contributed by atoms with van der Waals surface area (Å²) in [6, 6.07) is 7.06. The Hall–Kier alpha value is -0.820. The van der Waals surface area contributed by atoms with Crippen LogP contribution in [0.15, 0.2) is 18.2 Å². The maximum absolute atomic E-state index is 6.56. The van der Waals surface area contributed by atoms with Crippen molar-refractivity contribution in [3.05, 3.63) is 34.9 Å². The minimum atomic E-state index is -0.0216. The van der Waals surface area contributed by atoms with Gasteiger partial charge in [0.1, 0.15) is 0 Å². The number of hydrogen-bond donors (Lipinski definition) is 1. The van der Waals surface area contributed by atoms with E-state index in [1.807, 2.05) is 0 Å². The van der Waals surface area contributed by atoms with Gasteiger partial charge in [-0.05, 0) is 54.7 Å². The minimum Gasteiger partial charge on any atom is -0.321 e. The van der Waals surface area contributed by atoms with Crippen molar-refractivity contribution in [2.75, 3.05) is 0 Å². The van der Waals surface area contributed by atoms with Crippen molar-refractivity contribution < 1.29 is 0 Å². The lowest BCUT2D eigenvalue weighted by atomic mass is 9.80. The fourth-order valence-corrected chi connectivity index (χ4v) is 3.64. The molecule has 0 bridgehead atoms. The molecule has 1 unspecified atom stereocenters. The molecule has 0 aromatic heterocycles. The summed E-state index contributed by atoms with van der Waals surface area (Å²) in [6.07, 6.45) is 8.87.